The van der Waals surface area contributed by atoms with Crippen LogP contribution in [0.2, 0.25) is 0 Å². The van der Waals surface area contributed by atoms with Crippen LogP contribution in [0.4, 0.5) is 10.5 Å². The molecule has 2 heterocycles. The maximum absolute atomic E-state index is 13.7. The molecule has 2 amide bonds. The van der Waals surface area contributed by atoms with Crippen LogP contribution >= 0.6 is 0 Å². The van der Waals surface area contributed by atoms with Crippen molar-refractivity contribution in [2.75, 3.05) is 11.4 Å². The summed E-state index contributed by atoms with van der Waals surface area (Å²) in [4.78, 5) is 53.8. The number of hydrogen-bond donors (Lipinski definition) is 3. The Balaban J connectivity index is 1.66. The van der Waals surface area contributed by atoms with E-state index in [-0.39, 0.29) is 30.1 Å². The first kappa shape index (κ1) is 31.7. The minimum atomic E-state index is -0.880. The lowest BCUT2D eigenvalue weighted by Gasteiger charge is -2.45. The summed E-state index contributed by atoms with van der Waals surface area (Å²) in [6.45, 7) is 14.4. The minimum absolute atomic E-state index is 0.0331. The Kier molecular flexibility index (Phi) is 9.57. The molecule has 1 aliphatic carbocycles. The summed E-state index contributed by atoms with van der Waals surface area (Å²) in [5, 5.41) is 12.9. The molecular weight excluding hydrogens is 544 g/mol. The first-order valence-corrected chi connectivity index (χ1v) is 15.0. The lowest BCUT2D eigenvalue weighted by Crippen LogP contribution is -2.53. The van der Waals surface area contributed by atoms with E-state index in [0.717, 1.165) is 60.3 Å². The second-order valence-corrected chi connectivity index (χ2v) is 12.5. The lowest BCUT2D eigenvalue weighted by atomic mass is 9.86. The Morgan fingerprint density at radius 3 is 2.28 bits per heavy atom. The summed E-state index contributed by atoms with van der Waals surface area (Å²) in [6, 6.07) is 5.96. The Labute approximate surface area is 253 Å². The summed E-state index contributed by atoms with van der Waals surface area (Å²) < 4.78 is 0. The fourth-order valence-electron chi connectivity index (χ4n) is 6.44. The highest BCUT2D eigenvalue weighted by atomic mass is 16.4. The molecule has 2 aromatic heterocycles. The van der Waals surface area contributed by atoms with Crippen molar-refractivity contribution in [1.82, 2.24) is 25.2 Å². The van der Waals surface area contributed by atoms with Gasteiger partial charge in [0.2, 0.25) is 0 Å². The molecule has 1 fully saturated rings. The molecule has 0 atom stereocenters. The number of rotatable bonds is 8. The molecule has 1 aliphatic rings. The van der Waals surface area contributed by atoms with Gasteiger partial charge >= 0.3 is 6.09 Å². The van der Waals surface area contributed by atoms with Crippen LogP contribution in [-0.2, 0) is 6.54 Å². The largest absolute Gasteiger partial charge is 0.465 e. The standard InChI is InChI=1S/C33H44N6O4/c1-8-38(24-9-11-25(12-10-24)39(32(42)43)33(5,6)7)29-17-23(28-19-34-13-14-35-28)16-26(22(29)4)30(40)36-18-27-20(2)15-21(3)37-31(27)41/h13-17,19,24-25H,8-12,18H2,1-7H3,(H,36,40)(H,37,41)(H,42,43). The highest BCUT2D eigenvalue weighted by molar-refractivity contribution is 5.98. The number of aryl methyl sites for hydroxylation is 2. The first-order chi connectivity index (χ1) is 20.3. The van der Waals surface area contributed by atoms with E-state index in [2.05, 4.69) is 38.2 Å². The first-order valence-electron chi connectivity index (χ1n) is 15.0. The van der Waals surface area contributed by atoms with Gasteiger partial charge < -0.3 is 25.2 Å². The molecule has 10 heteroatoms. The molecule has 4 rings (SSSR count). The number of hydrogen-bond acceptors (Lipinski definition) is 6. The van der Waals surface area contributed by atoms with E-state index >= 15 is 0 Å². The van der Waals surface area contributed by atoms with Crippen molar-refractivity contribution in [2.24, 2.45) is 0 Å². The number of anilines is 1. The molecule has 0 unspecified atom stereocenters. The number of carbonyl (C=O) groups excluding carboxylic acids is 1. The molecule has 1 saturated carbocycles. The molecule has 0 aliphatic heterocycles. The number of nitrogens with one attached hydrogen (secondary N) is 2. The van der Waals surface area contributed by atoms with Gasteiger partial charge in [-0.05, 0) is 103 Å². The maximum atomic E-state index is 13.7. The molecular formula is C33H44N6O4. The van der Waals surface area contributed by atoms with E-state index in [1.165, 1.54) is 0 Å². The molecule has 10 nitrogen and oxygen atoms in total. The number of benzene rings is 1. The van der Waals surface area contributed by atoms with E-state index in [0.29, 0.717) is 16.8 Å². The predicted octanol–water partition coefficient (Wildman–Crippen LogP) is 5.60. The highest BCUT2D eigenvalue weighted by Gasteiger charge is 2.37. The van der Waals surface area contributed by atoms with Gasteiger partial charge in [-0.15, -0.1) is 0 Å². The van der Waals surface area contributed by atoms with Crippen LogP contribution in [0.15, 0.2) is 41.6 Å². The van der Waals surface area contributed by atoms with Gasteiger partial charge in [-0.1, -0.05) is 0 Å². The van der Waals surface area contributed by atoms with Gasteiger partial charge in [-0.2, -0.15) is 0 Å². The molecule has 230 valence electrons. The Morgan fingerprint density at radius 2 is 1.72 bits per heavy atom. The normalized spacial score (nSPS) is 16.9. The minimum Gasteiger partial charge on any atom is -0.465 e. The maximum Gasteiger partial charge on any atom is 0.407 e. The van der Waals surface area contributed by atoms with Crippen LogP contribution in [0.3, 0.4) is 0 Å². The van der Waals surface area contributed by atoms with E-state index < -0.39 is 11.6 Å². The summed E-state index contributed by atoms with van der Waals surface area (Å²) >= 11 is 0. The van der Waals surface area contributed by atoms with Crippen molar-refractivity contribution >= 4 is 17.7 Å². The van der Waals surface area contributed by atoms with Gasteiger partial charge in [0.1, 0.15) is 0 Å². The predicted molar refractivity (Wildman–Crippen MR) is 169 cm³/mol. The second kappa shape index (κ2) is 13.0. The van der Waals surface area contributed by atoms with Gasteiger partial charge in [-0.3, -0.25) is 19.6 Å². The fraction of sp³-hybridized carbons (Fsp3) is 0.485. The zero-order valence-electron chi connectivity index (χ0n) is 26.3. The Morgan fingerprint density at radius 1 is 1.05 bits per heavy atom. The van der Waals surface area contributed by atoms with Gasteiger partial charge in [-0.25, -0.2) is 4.79 Å². The Hall–Kier alpha value is -4.21. The Bertz CT molecular complexity index is 1520. The van der Waals surface area contributed by atoms with Gasteiger partial charge in [0.25, 0.3) is 11.5 Å². The van der Waals surface area contributed by atoms with Crippen LogP contribution in [0.25, 0.3) is 11.3 Å². The van der Waals surface area contributed by atoms with Crippen LogP contribution in [-0.4, -0.2) is 61.1 Å². The number of aromatic nitrogens is 3. The number of amides is 2. The molecule has 43 heavy (non-hydrogen) atoms. The summed E-state index contributed by atoms with van der Waals surface area (Å²) in [6.07, 6.45) is 7.26. The average molecular weight is 589 g/mol. The highest BCUT2D eigenvalue weighted by Crippen LogP contribution is 2.36. The van der Waals surface area contributed by atoms with Crippen molar-refractivity contribution < 1.29 is 14.7 Å². The van der Waals surface area contributed by atoms with Crippen LogP contribution in [0, 0.1) is 20.8 Å². The lowest BCUT2D eigenvalue weighted by molar-refractivity contribution is 0.0545. The van der Waals surface area contributed by atoms with Gasteiger partial charge in [0, 0.05) is 71.2 Å². The molecule has 1 aromatic carbocycles. The van der Waals surface area contributed by atoms with Crippen molar-refractivity contribution in [3.63, 3.8) is 0 Å². The van der Waals surface area contributed by atoms with Gasteiger partial charge in [0.15, 0.2) is 0 Å². The number of carbonyl (C=O) groups is 2. The molecule has 3 N–H and O–H groups in total. The zero-order chi connectivity index (χ0) is 31.5. The topological polar surface area (TPSA) is 132 Å². The molecule has 3 aromatic rings. The number of aromatic amines is 1. The van der Waals surface area contributed by atoms with Crippen molar-refractivity contribution in [2.45, 2.75) is 98.3 Å². The monoisotopic (exact) mass is 588 g/mol. The van der Waals surface area contributed by atoms with Crippen LogP contribution < -0.4 is 15.8 Å². The van der Waals surface area contributed by atoms with E-state index in [4.69, 9.17) is 0 Å². The van der Waals surface area contributed by atoms with Gasteiger partial charge in [0.05, 0.1) is 11.9 Å². The van der Waals surface area contributed by atoms with Crippen molar-refractivity contribution in [3.8, 4) is 11.3 Å². The zero-order valence-corrected chi connectivity index (χ0v) is 26.3. The molecule has 0 spiro atoms. The third-order valence-electron chi connectivity index (χ3n) is 8.45. The number of H-pyrrole nitrogens is 1. The quantitative estimate of drug-likeness (QED) is 0.312. The second-order valence-electron chi connectivity index (χ2n) is 12.5. The molecule has 0 radical (unpaired) electrons. The smallest absolute Gasteiger partial charge is 0.407 e. The molecule has 0 saturated heterocycles. The molecule has 0 bridgehead atoms. The van der Waals surface area contributed by atoms with E-state index in [1.54, 1.807) is 23.5 Å². The number of nitrogens with zero attached hydrogens (tertiary/aromatic N) is 4. The van der Waals surface area contributed by atoms with E-state index in [1.807, 2.05) is 53.7 Å². The van der Waals surface area contributed by atoms with Crippen molar-refractivity contribution in [3.05, 3.63) is 75.1 Å². The average Bonchev–Trinajstić information content (AvgIpc) is 2.94. The third-order valence-corrected chi connectivity index (χ3v) is 8.45. The van der Waals surface area contributed by atoms with E-state index in [9.17, 15) is 19.5 Å². The number of carboxylic acid groups (broad SMARTS) is 1. The van der Waals surface area contributed by atoms with Crippen molar-refractivity contribution in [1.29, 1.82) is 0 Å². The summed E-state index contributed by atoms with van der Waals surface area (Å²) in [7, 11) is 0. The SMILES string of the molecule is CCN(c1cc(-c2cnccn2)cc(C(=O)NCc2c(C)cc(C)[nH]c2=O)c1C)C1CCC(N(C(=O)O)C(C)(C)C)CC1. The summed E-state index contributed by atoms with van der Waals surface area (Å²) in [5.41, 5.74) is 5.18. The fourth-order valence-corrected chi connectivity index (χ4v) is 6.44. The summed E-state index contributed by atoms with van der Waals surface area (Å²) in [5.74, 6) is -0.272. The third kappa shape index (κ3) is 7.06. The number of pyridine rings is 1. The van der Waals surface area contributed by atoms with Crippen LogP contribution in [0.5, 0.6) is 0 Å². The van der Waals surface area contributed by atoms with Crippen LogP contribution in [0.1, 0.15) is 86.1 Å².